The molecule has 2 amide bonds. The molecule has 2 heterocycles. The average Bonchev–Trinajstić information content (AvgIpc) is 2.96. The third-order valence-electron chi connectivity index (χ3n) is 4.53. The van der Waals surface area contributed by atoms with Gasteiger partial charge in [-0.05, 0) is 38.1 Å². The highest BCUT2D eigenvalue weighted by Gasteiger charge is 2.35. The summed E-state index contributed by atoms with van der Waals surface area (Å²) < 4.78 is 10.3. The lowest BCUT2D eigenvalue weighted by Gasteiger charge is -2.28. The van der Waals surface area contributed by atoms with Crippen molar-refractivity contribution in [3.05, 3.63) is 35.4 Å². The van der Waals surface area contributed by atoms with E-state index in [1.54, 1.807) is 13.8 Å². The van der Waals surface area contributed by atoms with Crippen LogP contribution in [-0.2, 0) is 23.9 Å². The van der Waals surface area contributed by atoms with Gasteiger partial charge in [-0.1, -0.05) is 11.8 Å². The van der Waals surface area contributed by atoms with Gasteiger partial charge in [0.2, 0.25) is 11.8 Å². The molecule has 1 N–H and O–H groups in total. The van der Waals surface area contributed by atoms with Crippen molar-refractivity contribution < 1.29 is 23.9 Å². The Labute approximate surface area is 174 Å². The van der Waals surface area contributed by atoms with Gasteiger partial charge in [0.25, 0.3) is 0 Å². The number of nitrogens with zero attached hydrogens (tertiary/aromatic N) is 2. The molecule has 0 bridgehead atoms. The number of nitrogens with one attached hydrogen (secondary N) is 1. The van der Waals surface area contributed by atoms with E-state index in [1.165, 1.54) is 22.7 Å². The zero-order valence-corrected chi connectivity index (χ0v) is 17.4. The number of thioether (sulfide) groups is 1. The van der Waals surface area contributed by atoms with Crippen LogP contribution >= 0.6 is 11.8 Å². The van der Waals surface area contributed by atoms with Gasteiger partial charge in [0, 0.05) is 24.5 Å². The molecule has 3 rings (SSSR count). The molecule has 2 aliphatic rings. The quantitative estimate of drug-likeness (QED) is 0.556. The molecule has 0 unspecified atom stereocenters. The van der Waals surface area contributed by atoms with E-state index in [4.69, 9.17) is 9.47 Å². The van der Waals surface area contributed by atoms with Crippen molar-refractivity contribution in [2.75, 3.05) is 49.7 Å². The van der Waals surface area contributed by atoms with Crippen molar-refractivity contribution in [2.45, 2.75) is 19.1 Å². The Morgan fingerprint density at radius 3 is 2.62 bits per heavy atom. The first-order valence-electron chi connectivity index (χ1n) is 9.57. The number of esters is 1. The van der Waals surface area contributed by atoms with Crippen molar-refractivity contribution in [1.29, 1.82) is 0 Å². The van der Waals surface area contributed by atoms with Crippen LogP contribution < -0.4 is 10.2 Å². The number of rotatable bonds is 6. The second-order valence-corrected chi connectivity index (χ2v) is 7.97. The Morgan fingerprint density at radius 1 is 1.28 bits per heavy atom. The van der Waals surface area contributed by atoms with E-state index in [1.807, 2.05) is 24.3 Å². The van der Waals surface area contributed by atoms with Gasteiger partial charge in [-0.3, -0.25) is 14.5 Å². The van der Waals surface area contributed by atoms with Gasteiger partial charge >= 0.3 is 5.97 Å². The number of morpholine rings is 1. The molecule has 1 atom stereocenters. The summed E-state index contributed by atoms with van der Waals surface area (Å²) in [5.74, 6) is -1.06. The van der Waals surface area contributed by atoms with Crippen LogP contribution in [0.4, 0.5) is 11.4 Å². The van der Waals surface area contributed by atoms with Gasteiger partial charge in [-0.15, -0.1) is 0 Å². The van der Waals surface area contributed by atoms with Crippen molar-refractivity contribution in [3.8, 4) is 0 Å². The van der Waals surface area contributed by atoms with Crippen LogP contribution in [0.2, 0.25) is 0 Å². The summed E-state index contributed by atoms with van der Waals surface area (Å²) in [6.07, 6.45) is 1.26. The number of carbonyl (C=O) groups is 3. The second kappa shape index (κ2) is 9.80. The maximum atomic E-state index is 12.5. The molecule has 9 heteroatoms. The molecule has 29 heavy (non-hydrogen) atoms. The molecule has 2 saturated heterocycles. The van der Waals surface area contributed by atoms with E-state index in [0.29, 0.717) is 23.9 Å². The van der Waals surface area contributed by atoms with Crippen LogP contribution in [0, 0.1) is 0 Å². The van der Waals surface area contributed by atoms with E-state index in [0.717, 1.165) is 18.8 Å². The summed E-state index contributed by atoms with van der Waals surface area (Å²) >= 11 is 1.24. The lowest BCUT2D eigenvalue weighted by molar-refractivity contribution is -0.137. The predicted molar refractivity (Wildman–Crippen MR) is 112 cm³/mol. The number of ether oxygens (including phenoxy) is 2. The maximum absolute atomic E-state index is 12.5. The summed E-state index contributed by atoms with van der Waals surface area (Å²) in [6, 6.07) is 7.57. The van der Waals surface area contributed by atoms with Crippen molar-refractivity contribution >= 4 is 40.9 Å². The fraction of sp³-hybridized carbons (Fsp3) is 0.450. The van der Waals surface area contributed by atoms with Gasteiger partial charge in [-0.2, -0.15) is 0 Å². The Bertz CT molecular complexity index is 790. The van der Waals surface area contributed by atoms with Crippen LogP contribution in [0.15, 0.2) is 35.4 Å². The number of hydrogen-bond acceptors (Lipinski definition) is 7. The Hall–Kier alpha value is -2.52. The molecule has 2 fully saturated rings. The molecule has 2 aliphatic heterocycles. The first kappa shape index (κ1) is 21.2. The number of amides is 2. The fourth-order valence-corrected chi connectivity index (χ4v) is 4.13. The smallest absolute Gasteiger partial charge is 0.333 e. The standard InChI is InChI=1S/C20H25N3O5S/c1-3-28-19(25)12-18-23(20(26)14(2)29-18)13-17(24)21-15-4-6-16(7-5-15)22-8-10-27-11-9-22/h4-7,12,14H,3,8-11,13H2,1-2H3,(H,21,24)/b18-12-/t14-/m1/s1. The van der Waals surface area contributed by atoms with E-state index in [9.17, 15) is 14.4 Å². The first-order chi connectivity index (χ1) is 14.0. The van der Waals surface area contributed by atoms with Crippen LogP contribution in [0.25, 0.3) is 0 Å². The van der Waals surface area contributed by atoms with E-state index >= 15 is 0 Å². The zero-order chi connectivity index (χ0) is 20.8. The Balaban J connectivity index is 1.61. The highest BCUT2D eigenvalue weighted by atomic mass is 32.2. The lowest BCUT2D eigenvalue weighted by Crippen LogP contribution is -2.36. The topological polar surface area (TPSA) is 88.2 Å². The Kier molecular flexibility index (Phi) is 7.16. The molecule has 1 aromatic carbocycles. The van der Waals surface area contributed by atoms with Gasteiger partial charge in [-0.25, -0.2) is 4.79 Å². The van der Waals surface area contributed by atoms with Gasteiger partial charge in [0.15, 0.2) is 0 Å². The summed E-state index contributed by atoms with van der Waals surface area (Å²) in [4.78, 5) is 40.1. The third kappa shape index (κ3) is 5.51. The molecule has 0 spiro atoms. The van der Waals surface area contributed by atoms with Crippen LogP contribution in [0.5, 0.6) is 0 Å². The van der Waals surface area contributed by atoms with Crippen LogP contribution in [0.1, 0.15) is 13.8 Å². The van der Waals surface area contributed by atoms with Crippen molar-refractivity contribution in [1.82, 2.24) is 4.90 Å². The average molecular weight is 420 g/mol. The van der Waals surface area contributed by atoms with Crippen molar-refractivity contribution in [2.24, 2.45) is 0 Å². The molecule has 0 saturated carbocycles. The van der Waals surface area contributed by atoms with E-state index < -0.39 is 5.97 Å². The normalized spacial score (nSPS) is 20.8. The zero-order valence-electron chi connectivity index (χ0n) is 16.6. The predicted octanol–water partition coefficient (Wildman–Crippen LogP) is 1.83. The maximum Gasteiger partial charge on any atom is 0.333 e. The van der Waals surface area contributed by atoms with Crippen LogP contribution in [0.3, 0.4) is 0 Å². The Morgan fingerprint density at radius 2 is 1.97 bits per heavy atom. The summed E-state index contributed by atoms with van der Waals surface area (Å²) in [5, 5.41) is 2.88. The van der Waals surface area contributed by atoms with Crippen molar-refractivity contribution in [3.63, 3.8) is 0 Å². The van der Waals surface area contributed by atoms with Gasteiger partial charge in [0.05, 0.1) is 36.2 Å². The summed E-state index contributed by atoms with van der Waals surface area (Å²) in [6.45, 7) is 6.64. The third-order valence-corrected chi connectivity index (χ3v) is 5.67. The minimum Gasteiger partial charge on any atom is -0.463 e. The monoisotopic (exact) mass is 419 g/mol. The molecular formula is C20H25N3O5S. The molecule has 0 aliphatic carbocycles. The van der Waals surface area contributed by atoms with Crippen LogP contribution in [-0.4, -0.2) is 67.4 Å². The number of benzene rings is 1. The van der Waals surface area contributed by atoms with E-state index in [2.05, 4.69) is 10.2 Å². The number of carbonyl (C=O) groups excluding carboxylic acids is 3. The van der Waals surface area contributed by atoms with Gasteiger partial charge in [0.1, 0.15) is 6.54 Å². The summed E-state index contributed by atoms with van der Waals surface area (Å²) in [5.41, 5.74) is 1.72. The second-order valence-electron chi connectivity index (χ2n) is 6.61. The largest absolute Gasteiger partial charge is 0.463 e. The molecule has 1 aromatic rings. The summed E-state index contributed by atoms with van der Waals surface area (Å²) in [7, 11) is 0. The number of hydrogen-bond donors (Lipinski definition) is 1. The molecule has 0 radical (unpaired) electrons. The first-order valence-corrected chi connectivity index (χ1v) is 10.4. The minimum atomic E-state index is -0.527. The molecule has 0 aromatic heterocycles. The van der Waals surface area contributed by atoms with Gasteiger partial charge < -0.3 is 19.7 Å². The number of anilines is 2. The highest BCUT2D eigenvalue weighted by molar-refractivity contribution is 8.04. The molecular weight excluding hydrogens is 394 g/mol. The molecule has 8 nitrogen and oxygen atoms in total. The lowest BCUT2D eigenvalue weighted by atomic mass is 10.2. The minimum absolute atomic E-state index is 0.160. The van der Waals surface area contributed by atoms with E-state index in [-0.39, 0.29) is 30.2 Å². The fourth-order valence-electron chi connectivity index (χ4n) is 3.10. The SMILES string of the molecule is CCOC(=O)/C=C1\S[C@H](C)C(=O)N1CC(=O)Nc1ccc(N2CCOCC2)cc1. The molecule has 156 valence electrons. The highest BCUT2D eigenvalue weighted by Crippen LogP contribution is 2.34.